The molecule has 1 unspecified atom stereocenters. The molecule has 1 aromatic carbocycles. The molecule has 0 aliphatic carbocycles. The van der Waals surface area contributed by atoms with Crippen molar-refractivity contribution in [2.75, 3.05) is 20.2 Å². The number of amides is 2. The van der Waals surface area contributed by atoms with Crippen LogP contribution in [0.15, 0.2) is 24.3 Å². The van der Waals surface area contributed by atoms with E-state index in [-0.39, 0.29) is 23.8 Å². The lowest BCUT2D eigenvalue weighted by Gasteiger charge is -2.32. The lowest BCUT2D eigenvalue weighted by molar-refractivity contribution is -0.126. The van der Waals surface area contributed by atoms with Crippen molar-refractivity contribution in [3.05, 3.63) is 52.3 Å². The fourth-order valence-corrected chi connectivity index (χ4v) is 4.15. The van der Waals surface area contributed by atoms with Crippen molar-refractivity contribution in [3.63, 3.8) is 0 Å². The third kappa shape index (κ3) is 5.74. The lowest BCUT2D eigenvalue weighted by Crippen LogP contribution is -2.45. The molecule has 1 aliphatic heterocycles. The first-order valence-electron chi connectivity index (χ1n) is 11.3. The third-order valence-corrected chi connectivity index (χ3v) is 5.90. The summed E-state index contributed by atoms with van der Waals surface area (Å²) in [4.78, 5) is 43.2. The van der Waals surface area contributed by atoms with Crippen LogP contribution in [0.25, 0.3) is 0 Å². The van der Waals surface area contributed by atoms with Crippen molar-refractivity contribution < 1.29 is 23.9 Å². The van der Waals surface area contributed by atoms with E-state index in [9.17, 15) is 14.4 Å². The molecule has 2 heterocycles. The van der Waals surface area contributed by atoms with E-state index in [0.29, 0.717) is 42.1 Å². The molecule has 1 saturated heterocycles. The van der Waals surface area contributed by atoms with Crippen molar-refractivity contribution in [1.82, 2.24) is 15.2 Å². The molecule has 0 saturated carbocycles. The Hall–Kier alpha value is -3.29. The Kier molecular flexibility index (Phi) is 7.79. The molecule has 2 N–H and O–H groups in total. The highest BCUT2D eigenvalue weighted by atomic mass is 16.5. The number of aryl methyl sites for hydroxylation is 1. The van der Waals surface area contributed by atoms with Crippen LogP contribution >= 0.6 is 0 Å². The van der Waals surface area contributed by atoms with E-state index >= 15 is 0 Å². The highest BCUT2D eigenvalue weighted by molar-refractivity contribution is 6.00. The van der Waals surface area contributed by atoms with Crippen LogP contribution in [-0.4, -0.2) is 54.0 Å². The van der Waals surface area contributed by atoms with E-state index in [0.717, 1.165) is 24.2 Å². The number of piperidine rings is 1. The molecule has 0 radical (unpaired) electrons. The van der Waals surface area contributed by atoms with Gasteiger partial charge in [0.1, 0.15) is 11.4 Å². The first-order chi connectivity index (χ1) is 15.7. The Labute approximate surface area is 194 Å². The summed E-state index contributed by atoms with van der Waals surface area (Å²) in [5.74, 6) is -0.217. The number of benzene rings is 1. The summed E-state index contributed by atoms with van der Waals surface area (Å²) in [6, 6.07) is 7.53. The zero-order valence-electron chi connectivity index (χ0n) is 20.0. The van der Waals surface area contributed by atoms with Crippen molar-refractivity contribution in [3.8, 4) is 5.75 Å². The minimum atomic E-state index is -0.440. The number of ether oxygens (including phenoxy) is 2. The minimum Gasteiger partial charge on any atom is -0.497 e. The Morgan fingerprint density at radius 2 is 1.88 bits per heavy atom. The first-order valence-corrected chi connectivity index (χ1v) is 11.3. The van der Waals surface area contributed by atoms with Crippen LogP contribution in [0.2, 0.25) is 0 Å². The number of nitrogens with zero attached hydrogens (tertiary/aromatic N) is 1. The summed E-state index contributed by atoms with van der Waals surface area (Å²) < 4.78 is 10.5. The predicted octanol–water partition coefficient (Wildman–Crippen LogP) is 3.37. The number of hydrogen-bond acceptors (Lipinski definition) is 5. The lowest BCUT2D eigenvalue weighted by atomic mass is 9.96. The van der Waals surface area contributed by atoms with Gasteiger partial charge in [-0.3, -0.25) is 9.59 Å². The molecular formula is C25H33N3O5. The number of methoxy groups -OCH3 is 1. The van der Waals surface area contributed by atoms with E-state index in [1.807, 2.05) is 24.3 Å². The molecule has 0 bridgehead atoms. The number of hydrogen-bond donors (Lipinski definition) is 2. The van der Waals surface area contributed by atoms with Gasteiger partial charge in [0.15, 0.2) is 0 Å². The maximum Gasteiger partial charge on any atom is 0.340 e. The third-order valence-electron chi connectivity index (χ3n) is 5.90. The quantitative estimate of drug-likeness (QED) is 0.624. The highest BCUT2D eigenvalue weighted by Crippen LogP contribution is 2.24. The molecule has 1 aliphatic rings. The smallest absolute Gasteiger partial charge is 0.340 e. The number of esters is 1. The van der Waals surface area contributed by atoms with Gasteiger partial charge in [0.05, 0.1) is 24.7 Å². The largest absolute Gasteiger partial charge is 0.497 e. The fraction of sp³-hybridized carbons (Fsp3) is 0.480. The number of aromatic nitrogens is 1. The maximum atomic E-state index is 13.2. The zero-order valence-corrected chi connectivity index (χ0v) is 20.0. The van der Waals surface area contributed by atoms with Crippen LogP contribution in [0.1, 0.15) is 64.4 Å². The Morgan fingerprint density at radius 3 is 2.52 bits per heavy atom. The molecule has 3 rings (SSSR count). The molecule has 0 spiro atoms. The van der Waals surface area contributed by atoms with Crippen LogP contribution in [0, 0.1) is 19.8 Å². The van der Waals surface area contributed by atoms with E-state index in [2.05, 4.69) is 10.3 Å². The van der Waals surface area contributed by atoms with Gasteiger partial charge in [-0.2, -0.15) is 0 Å². The monoisotopic (exact) mass is 455 g/mol. The maximum absolute atomic E-state index is 13.2. The topological polar surface area (TPSA) is 101 Å². The van der Waals surface area contributed by atoms with Gasteiger partial charge in [0.25, 0.3) is 5.91 Å². The van der Waals surface area contributed by atoms with Crippen molar-refractivity contribution in [2.24, 2.45) is 5.92 Å². The number of likely N-dealkylation sites (tertiary alicyclic amines) is 1. The molecule has 8 nitrogen and oxygen atoms in total. The van der Waals surface area contributed by atoms with Crippen molar-refractivity contribution >= 4 is 17.8 Å². The standard InChI is InChI=1S/C25H33N3O5/c1-15(2)33-25(31)21-16(3)22(27-17(21)4)24(30)28-12-6-7-19(14-28)23(29)26-13-18-8-10-20(32-5)11-9-18/h8-11,15,19,27H,6-7,12-14H2,1-5H3,(H,26,29). The summed E-state index contributed by atoms with van der Waals surface area (Å²) in [7, 11) is 1.61. The molecule has 33 heavy (non-hydrogen) atoms. The predicted molar refractivity (Wildman–Crippen MR) is 124 cm³/mol. The van der Waals surface area contributed by atoms with Gasteiger partial charge in [0.2, 0.25) is 5.91 Å². The second-order valence-electron chi connectivity index (χ2n) is 8.74. The summed E-state index contributed by atoms with van der Waals surface area (Å²) >= 11 is 0. The fourth-order valence-electron chi connectivity index (χ4n) is 4.15. The van der Waals surface area contributed by atoms with E-state index in [1.165, 1.54) is 0 Å². The van der Waals surface area contributed by atoms with Crippen LogP contribution in [0.5, 0.6) is 5.75 Å². The summed E-state index contributed by atoms with van der Waals surface area (Å²) in [5.41, 5.74) is 2.94. The Morgan fingerprint density at radius 1 is 1.18 bits per heavy atom. The van der Waals surface area contributed by atoms with Gasteiger partial charge in [-0.1, -0.05) is 12.1 Å². The molecular weight excluding hydrogens is 422 g/mol. The summed E-state index contributed by atoms with van der Waals surface area (Å²) in [6.07, 6.45) is 1.23. The highest BCUT2D eigenvalue weighted by Gasteiger charge is 2.32. The van der Waals surface area contributed by atoms with Gasteiger partial charge in [0, 0.05) is 25.3 Å². The van der Waals surface area contributed by atoms with Crippen LogP contribution in [0.3, 0.4) is 0 Å². The minimum absolute atomic E-state index is 0.0658. The number of carbonyl (C=O) groups excluding carboxylic acids is 3. The van der Waals surface area contributed by atoms with Gasteiger partial charge in [-0.15, -0.1) is 0 Å². The number of rotatable bonds is 7. The molecule has 8 heteroatoms. The van der Waals surface area contributed by atoms with Crippen molar-refractivity contribution in [1.29, 1.82) is 0 Å². The molecule has 1 atom stereocenters. The Balaban J connectivity index is 1.64. The summed E-state index contributed by atoms with van der Waals surface area (Å²) in [5, 5.41) is 2.98. The van der Waals surface area contributed by atoms with Gasteiger partial charge in [-0.25, -0.2) is 4.79 Å². The van der Waals surface area contributed by atoms with Crippen LogP contribution < -0.4 is 10.1 Å². The summed E-state index contributed by atoms with van der Waals surface area (Å²) in [6.45, 7) is 8.41. The van der Waals surface area contributed by atoms with E-state index in [1.54, 1.807) is 39.7 Å². The molecule has 1 aromatic heterocycles. The zero-order chi connectivity index (χ0) is 24.1. The van der Waals surface area contributed by atoms with Crippen LogP contribution in [0.4, 0.5) is 0 Å². The molecule has 178 valence electrons. The number of carbonyl (C=O) groups is 3. The first kappa shape index (κ1) is 24.4. The SMILES string of the molecule is COc1ccc(CNC(=O)C2CCCN(C(=O)c3[nH]c(C)c(C(=O)OC(C)C)c3C)C2)cc1. The van der Waals surface area contributed by atoms with Crippen LogP contribution in [-0.2, 0) is 16.1 Å². The number of H-pyrrole nitrogens is 1. The van der Waals surface area contributed by atoms with Crippen molar-refractivity contribution in [2.45, 2.75) is 53.2 Å². The second-order valence-corrected chi connectivity index (χ2v) is 8.74. The average molecular weight is 456 g/mol. The molecule has 2 amide bonds. The number of nitrogens with one attached hydrogen (secondary N) is 2. The van der Waals surface area contributed by atoms with Gasteiger partial charge < -0.3 is 24.7 Å². The molecule has 2 aromatic rings. The normalized spacial score (nSPS) is 15.9. The van der Waals surface area contributed by atoms with Gasteiger partial charge >= 0.3 is 5.97 Å². The van der Waals surface area contributed by atoms with Gasteiger partial charge in [-0.05, 0) is 63.8 Å². The van der Waals surface area contributed by atoms with E-state index in [4.69, 9.17) is 9.47 Å². The second kappa shape index (κ2) is 10.6. The number of aromatic amines is 1. The molecule has 1 fully saturated rings. The Bertz CT molecular complexity index is 1010. The average Bonchev–Trinajstić information content (AvgIpc) is 3.10. The van der Waals surface area contributed by atoms with E-state index < -0.39 is 5.97 Å².